The van der Waals surface area contributed by atoms with Gasteiger partial charge in [0.05, 0.1) is 18.3 Å². The van der Waals surface area contributed by atoms with E-state index in [4.69, 9.17) is 0 Å². The quantitative estimate of drug-likeness (QED) is 0.878. The van der Waals surface area contributed by atoms with Gasteiger partial charge in [-0.1, -0.05) is 12.8 Å². The standard InChI is InChI=1S/C18H24N4O3S/c1-12-13(2)26-17-16(12)18(25)22(11-20-17)10-14(23)19-9-15(24)21-7-5-3-4-6-8-21/h11H,3-10H2,1-2H3,(H,19,23). The van der Waals surface area contributed by atoms with Gasteiger partial charge in [0.15, 0.2) is 0 Å². The highest BCUT2D eigenvalue weighted by Crippen LogP contribution is 2.25. The Morgan fingerprint density at radius 1 is 1.19 bits per heavy atom. The zero-order chi connectivity index (χ0) is 18.7. The lowest BCUT2D eigenvalue weighted by atomic mass is 10.2. The summed E-state index contributed by atoms with van der Waals surface area (Å²) in [4.78, 5) is 44.8. The summed E-state index contributed by atoms with van der Waals surface area (Å²) in [6.45, 7) is 5.19. The summed E-state index contributed by atoms with van der Waals surface area (Å²) in [5.74, 6) is -0.425. The van der Waals surface area contributed by atoms with Gasteiger partial charge in [-0.3, -0.25) is 19.0 Å². The van der Waals surface area contributed by atoms with Gasteiger partial charge in [0, 0.05) is 18.0 Å². The first-order valence-corrected chi connectivity index (χ1v) is 9.78. The SMILES string of the molecule is Cc1sc2ncn(CC(=O)NCC(=O)N3CCCCCC3)c(=O)c2c1C. The van der Waals surface area contributed by atoms with E-state index >= 15 is 0 Å². The van der Waals surface area contributed by atoms with Crippen LogP contribution in [0.5, 0.6) is 0 Å². The van der Waals surface area contributed by atoms with Crippen LogP contribution in [0, 0.1) is 13.8 Å². The molecule has 0 saturated carbocycles. The van der Waals surface area contributed by atoms with Crippen molar-refractivity contribution in [3.8, 4) is 0 Å². The predicted molar refractivity (Wildman–Crippen MR) is 101 cm³/mol. The van der Waals surface area contributed by atoms with E-state index in [1.807, 2.05) is 18.7 Å². The maximum Gasteiger partial charge on any atom is 0.262 e. The molecule has 0 atom stereocenters. The summed E-state index contributed by atoms with van der Waals surface area (Å²) < 4.78 is 1.30. The number of carbonyl (C=O) groups is 2. The van der Waals surface area contributed by atoms with Crippen molar-refractivity contribution < 1.29 is 9.59 Å². The van der Waals surface area contributed by atoms with Crippen LogP contribution in [0.2, 0.25) is 0 Å². The molecular formula is C18H24N4O3S. The largest absolute Gasteiger partial charge is 0.345 e. The molecule has 0 aromatic carbocycles. The first-order valence-electron chi connectivity index (χ1n) is 8.97. The van der Waals surface area contributed by atoms with Gasteiger partial charge in [0.25, 0.3) is 5.56 Å². The summed E-state index contributed by atoms with van der Waals surface area (Å²) in [5.41, 5.74) is 0.694. The van der Waals surface area contributed by atoms with Gasteiger partial charge in [-0.05, 0) is 32.3 Å². The van der Waals surface area contributed by atoms with Crippen molar-refractivity contribution in [2.75, 3.05) is 19.6 Å². The highest BCUT2D eigenvalue weighted by atomic mass is 32.1. The minimum atomic E-state index is -0.360. The summed E-state index contributed by atoms with van der Waals surface area (Å²) in [6.07, 6.45) is 5.72. The molecular weight excluding hydrogens is 352 g/mol. The van der Waals surface area contributed by atoms with Crippen LogP contribution in [0.15, 0.2) is 11.1 Å². The molecule has 8 heteroatoms. The second kappa shape index (κ2) is 7.99. The number of carbonyl (C=O) groups excluding carboxylic acids is 2. The third-order valence-electron chi connectivity index (χ3n) is 4.87. The van der Waals surface area contributed by atoms with Gasteiger partial charge >= 0.3 is 0 Å². The molecule has 2 aromatic heterocycles. The normalized spacial score (nSPS) is 15.1. The molecule has 140 valence electrons. The van der Waals surface area contributed by atoms with E-state index in [1.165, 1.54) is 22.2 Å². The van der Waals surface area contributed by atoms with E-state index < -0.39 is 0 Å². The van der Waals surface area contributed by atoms with Gasteiger partial charge in [-0.25, -0.2) is 4.98 Å². The Morgan fingerprint density at radius 3 is 2.58 bits per heavy atom. The van der Waals surface area contributed by atoms with Gasteiger partial charge < -0.3 is 10.2 Å². The molecule has 0 spiro atoms. The highest BCUT2D eigenvalue weighted by molar-refractivity contribution is 7.18. The summed E-state index contributed by atoms with van der Waals surface area (Å²) in [7, 11) is 0. The van der Waals surface area contributed by atoms with Crippen LogP contribution in [0.1, 0.15) is 36.1 Å². The number of nitrogens with zero attached hydrogens (tertiary/aromatic N) is 3. The van der Waals surface area contributed by atoms with Crippen LogP contribution in [0.4, 0.5) is 0 Å². The lowest BCUT2D eigenvalue weighted by Gasteiger charge is -2.20. The first kappa shape index (κ1) is 18.6. The average Bonchev–Trinajstić information content (AvgIpc) is 2.82. The number of likely N-dealkylation sites (tertiary alicyclic amines) is 1. The fourth-order valence-corrected chi connectivity index (χ4v) is 4.19. The number of thiophene rings is 1. The monoisotopic (exact) mass is 376 g/mol. The molecule has 26 heavy (non-hydrogen) atoms. The zero-order valence-electron chi connectivity index (χ0n) is 15.2. The van der Waals surface area contributed by atoms with Crippen LogP contribution < -0.4 is 10.9 Å². The molecule has 1 N–H and O–H groups in total. The number of hydrogen-bond donors (Lipinski definition) is 1. The van der Waals surface area contributed by atoms with Crippen LogP contribution in [0.3, 0.4) is 0 Å². The molecule has 0 radical (unpaired) electrons. The molecule has 3 heterocycles. The van der Waals surface area contributed by atoms with Crippen LogP contribution >= 0.6 is 11.3 Å². The minimum absolute atomic E-state index is 0.0279. The Morgan fingerprint density at radius 2 is 1.88 bits per heavy atom. The van der Waals surface area contributed by atoms with Crippen molar-refractivity contribution in [3.63, 3.8) is 0 Å². The fraction of sp³-hybridized carbons (Fsp3) is 0.556. The number of fused-ring (bicyclic) bond motifs is 1. The van der Waals surface area contributed by atoms with E-state index in [2.05, 4.69) is 10.3 Å². The number of aromatic nitrogens is 2. The molecule has 0 unspecified atom stereocenters. The Bertz CT molecular complexity index is 878. The summed E-state index contributed by atoms with van der Waals surface area (Å²) in [6, 6.07) is 0. The Balaban J connectivity index is 1.62. The number of hydrogen-bond acceptors (Lipinski definition) is 5. The molecule has 2 amide bonds. The van der Waals surface area contributed by atoms with E-state index in [0.717, 1.165) is 49.2 Å². The van der Waals surface area contributed by atoms with Gasteiger partial charge in [0.1, 0.15) is 11.4 Å². The molecule has 1 aliphatic heterocycles. The van der Waals surface area contributed by atoms with Gasteiger partial charge in [-0.15, -0.1) is 11.3 Å². The molecule has 1 saturated heterocycles. The fourth-order valence-electron chi connectivity index (χ4n) is 3.20. The van der Waals surface area contributed by atoms with Crippen LogP contribution in [0.25, 0.3) is 10.2 Å². The first-order chi connectivity index (χ1) is 12.5. The summed E-state index contributed by atoms with van der Waals surface area (Å²) in [5, 5.41) is 3.20. The molecule has 2 aromatic rings. The van der Waals surface area contributed by atoms with Gasteiger partial charge in [-0.2, -0.15) is 0 Å². The number of rotatable bonds is 4. The topological polar surface area (TPSA) is 84.3 Å². The van der Waals surface area contributed by atoms with Crippen molar-refractivity contribution in [2.24, 2.45) is 0 Å². The lowest BCUT2D eigenvalue weighted by Crippen LogP contribution is -2.42. The van der Waals surface area contributed by atoms with E-state index in [0.29, 0.717) is 10.2 Å². The van der Waals surface area contributed by atoms with Crippen molar-refractivity contribution in [3.05, 3.63) is 27.1 Å². The third kappa shape index (κ3) is 3.95. The van der Waals surface area contributed by atoms with Crippen molar-refractivity contribution in [2.45, 2.75) is 46.1 Å². The molecule has 7 nitrogen and oxygen atoms in total. The van der Waals surface area contributed by atoms with Gasteiger partial charge in [0.2, 0.25) is 11.8 Å². The maximum atomic E-state index is 12.6. The molecule has 1 fully saturated rings. The lowest BCUT2D eigenvalue weighted by molar-refractivity contribution is -0.133. The second-order valence-electron chi connectivity index (χ2n) is 6.71. The predicted octanol–water partition coefficient (Wildman–Crippen LogP) is 1.59. The Kier molecular flexibility index (Phi) is 5.70. The third-order valence-corrected chi connectivity index (χ3v) is 5.98. The van der Waals surface area contributed by atoms with Crippen LogP contribution in [-0.2, 0) is 16.1 Å². The van der Waals surface area contributed by atoms with E-state index in [-0.39, 0.29) is 30.5 Å². The smallest absolute Gasteiger partial charge is 0.262 e. The second-order valence-corrected chi connectivity index (χ2v) is 7.92. The Hall–Kier alpha value is -2.22. The van der Waals surface area contributed by atoms with Crippen molar-refractivity contribution >= 4 is 33.4 Å². The number of aryl methyl sites for hydroxylation is 2. The maximum absolute atomic E-state index is 12.6. The van der Waals surface area contributed by atoms with Crippen molar-refractivity contribution in [1.82, 2.24) is 19.8 Å². The van der Waals surface area contributed by atoms with E-state index in [9.17, 15) is 14.4 Å². The summed E-state index contributed by atoms with van der Waals surface area (Å²) >= 11 is 1.48. The Labute approximate surface area is 156 Å². The van der Waals surface area contributed by atoms with E-state index in [1.54, 1.807) is 0 Å². The average molecular weight is 376 g/mol. The highest BCUT2D eigenvalue weighted by Gasteiger charge is 2.17. The van der Waals surface area contributed by atoms with Crippen molar-refractivity contribution in [1.29, 1.82) is 0 Å². The number of nitrogens with one attached hydrogen (secondary N) is 1. The van der Waals surface area contributed by atoms with Crippen LogP contribution in [-0.4, -0.2) is 45.9 Å². The molecule has 1 aliphatic rings. The minimum Gasteiger partial charge on any atom is -0.345 e. The molecule has 3 rings (SSSR count). The molecule has 0 aliphatic carbocycles. The zero-order valence-corrected chi connectivity index (χ0v) is 16.0. The number of amides is 2. The molecule has 0 bridgehead atoms.